The minimum atomic E-state index is 0.326. The topological polar surface area (TPSA) is 29.3 Å². The van der Waals surface area contributed by atoms with Crippen molar-refractivity contribution in [1.29, 1.82) is 0 Å². The lowest BCUT2D eigenvalue weighted by Gasteiger charge is -2.53. The first-order valence-electron chi connectivity index (χ1n) is 8.06. The van der Waals surface area contributed by atoms with Crippen molar-refractivity contribution in [3.05, 3.63) is 0 Å². The van der Waals surface area contributed by atoms with Gasteiger partial charge in [0.15, 0.2) is 0 Å². The second-order valence-corrected chi connectivity index (χ2v) is 7.07. The predicted molar refractivity (Wildman–Crippen MR) is 78.6 cm³/mol. The van der Waals surface area contributed by atoms with Crippen molar-refractivity contribution in [2.75, 3.05) is 13.1 Å². The van der Waals surface area contributed by atoms with Crippen LogP contribution in [0, 0.1) is 11.8 Å². The van der Waals surface area contributed by atoms with Crippen LogP contribution in [-0.2, 0) is 0 Å². The number of piperidine rings is 1. The van der Waals surface area contributed by atoms with Crippen LogP contribution in [0.5, 0.6) is 0 Å². The molecule has 0 aromatic heterocycles. The van der Waals surface area contributed by atoms with Crippen molar-refractivity contribution in [2.45, 2.75) is 77.3 Å². The van der Waals surface area contributed by atoms with E-state index in [2.05, 4.69) is 25.7 Å². The highest BCUT2D eigenvalue weighted by Crippen LogP contribution is 2.41. The van der Waals surface area contributed by atoms with Gasteiger partial charge in [-0.25, -0.2) is 0 Å². The van der Waals surface area contributed by atoms with Gasteiger partial charge < -0.3 is 5.73 Å². The monoisotopic (exact) mass is 252 g/mol. The van der Waals surface area contributed by atoms with Gasteiger partial charge in [0, 0.05) is 18.1 Å². The third kappa shape index (κ3) is 2.75. The Balaban J connectivity index is 2.13. The molecule has 1 aliphatic carbocycles. The number of likely N-dealkylation sites (tertiary alicyclic amines) is 1. The van der Waals surface area contributed by atoms with E-state index in [1.807, 2.05) is 0 Å². The van der Waals surface area contributed by atoms with E-state index in [9.17, 15) is 0 Å². The molecule has 0 amide bonds. The summed E-state index contributed by atoms with van der Waals surface area (Å²) in [6, 6.07) is 0.744. The van der Waals surface area contributed by atoms with Crippen LogP contribution in [0.1, 0.15) is 65.7 Å². The van der Waals surface area contributed by atoms with Crippen molar-refractivity contribution in [2.24, 2.45) is 17.6 Å². The third-order valence-electron chi connectivity index (χ3n) is 5.59. The Morgan fingerprint density at radius 2 is 2.00 bits per heavy atom. The van der Waals surface area contributed by atoms with E-state index in [4.69, 9.17) is 5.73 Å². The fourth-order valence-corrected chi connectivity index (χ4v) is 4.32. The number of rotatable bonds is 3. The molecule has 2 N–H and O–H groups in total. The van der Waals surface area contributed by atoms with Gasteiger partial charge in [0.25, 0.3) is 0 Å². The summed E-state index contributed by atoms with van der Waals surface area (Å²) in [7, 11) is 0. The minimum absolute atomic E-state index is 0.326. The molecule has 2 heteroatoms. The molecular weight excluding hydrogens is 220 g/mol. The van der Waals surface area contributed by atoms with Crippen molar-refractivity contribution in [3.8, 4) is 0 Å². The van der Waals surface area contributed by atoms with Crippen LogP contribution in [0.4, 0.5) is 0 Å². The molecule has 1 heterocycles. The first-order valence-corrected chi connectivity index (χ1v) is 8.06. The van der Waals surface area contributed by atoms with Gasteiger partial charge in [-0.2, -0.15) is 0 Å². The number of hydrogen-bond donors (Lipinski definition) is 1. The maximum atomic E-state index is 6.25. The third-order valence-corrected chi connectivity index (χ3v) is 5.59. The molecule has 2 fully saturated rings. The Morgan fingerprint density at radius 1 is 1.22 bits per heavy atom. The maximum Gasteiger partial charge on any atom is 0.0337 e. The summed E-state index contributed by atoms with van der Waals surface area (Å²) >= 11 is 0. The predicted octanol–water partition coefficient (Wildman–Crippen LogP) is 3.40. The molecular formula is C16H32N2. The second kappa shape index (κ2) is 5.92. The van der Waals surface area contributed by atoms with Gasteiger partial charge in [-0.15, -0.1) is 0 Å². The van der Waals surface area contributed by atoms with Crippen LogP contribution in [0.25, 0.3) is 0 Å². The fourth-order valence-electron chi connectivity index (χ4n) is 4.32. The molecule has 1 saturated carbocycles. The standard InChI is InChI=1S/C16H32N2/c1-13(2)15-8-6-9-16(11-15,12-17)18-10-5-4-7-14(18)3/h13-15H,4-12,17H2,1-3H3. The molecule has 0 aromatic rings. The van der Waals surface area contributed by atoms with Gasteiger partial charge >= 0.3 is 0 Å². The molecule has 3 atom stereocenters. The van der Waals surface area contributed by atoms with Gasteiger partial charge in [0.05, 0.1) is 0 Å². The first kappa shape index (κ1) is 14.3. The van der Waals surface area contributed by atoms with Gasteiger partial charge in [-0.05, 0) is 51.0 Å². The van der Waals surface area contributed by atoms with Crippen molar-refractivity contribution >= 4 is 0 Å². The summed E-state index contributed by atoms with van der Waals surface area (Å²) < 4.78 is 0. The molecule has 2 aliphatic rings. The highest BCUT2D eigenvalue weighted by Gasteiger charge is 2.43. The zero-order valence-electron chi connectivity index (χ0n) is 12.6. The normalized spacial score (nSPS) is 39.2. The van der Waals surface area contributed by atoms with Crippen molar-refractivity contribution in [1.82, 2.24) is 4.90 Å². The van der Waals surface area contributed by atoms with E-state index in [-0.39, 0.29) is 0 Å². The summed E-state index contributed by atoms with van der Waals surface area (Å²) in [6.07, 6.45) is 9.62. The summed E-state index contributed by atoms with van der Waals surface area (Å²) in [5.74, 6) is 1.70. The zero-order valence-corrected chi connectivity index (χ0v) is 12.6. The SMILES string of the molecule is CC(C)C1CCCC(CN)(N2CCCCC2C)C1. The van der Waals surface area contributed by atoms with E-state index >= 15 is 0 Å². The van der Waals surface area contributed by atoms with E-state index in [1.165, 1.54) is 51.5 Å². The average Bonchev–Trinajstić information content (AvgIpc) is 2.39. The highest BCUT2D eigenvalue weighted by molar-refractivity contribution is 4.99. The molecule has 1 aliphatic heterocycles. The molecule has 18 heavy (non-hydrogen) atoms. The maximum absolute atomic E-state index is 6.25. The molecule has 106 valence electrons. The Hall–Kier alpha value is -0.0800. The number of hydrogen-bond acceptors (Lipinski definition) is 2. The van der Waals surface area contributed by atoms with E-state index < -0.39 is 0 Å². The molecule has 2 nitrogen and oxygen atoms in total. The second-order valence-electron chi connectivity index (χ2n) is 7.07. The van der Waals surface area contributed by atoms with Gasteiger partial charge in [0.1, 0.15) is 0 Å². The van der Waals surface area contributed by atoms with E-state index in [0.29, 0.717) is 5.54 Å². The lowest BCUT2D eigenvalue weighted by Crippen LogP contribution is -2.60. The van der Waals surface area contributed by atoms with Gasteiger partial charge in [-0.3, -0.25) is 4.90 Å². The van der Waals surface area contributed by atoms with E-state index in [0.717, 1.165) is 24.4 Å². The van der Waals surface area contributed by atoms with Crippen LogP contribution in [0.3, 0.4) is 0 Å². The first-order chi connectivity index (χ1) is 8.59. The minimum Gasteiger partial charge on any atom is -0.329 e. The fraction of sp³-hybridized carbons (Fsp3) is 1.00. The van der Waals surface area contributed by atoms with Gasteiger partial charge in [-0.1, -0.05) is 33.1 Å². The molecule has 1 saturated heterocycles. The highest BCUT2D eigenvalue weighted by atomic mass is 15.2. The Morgan fingerprint density at radius 3 is 2.61 bits per heavy atom. The molecule has 0 radical (unpaired) electrons. The average molecular weight is 252 g/mol. The largest absolute Gasteiger partial charge is 0.329 e. The Kier molecular flexibility index (Phi) is 4.71. The van der Waals surface area contributed by atoms with Crippen LogP contribution >= 0.6 is 0 Å². The number of nitrogens with zero attached hydrogens (tertiary/aromatic N) is 1. The molecule has 0 bridgehead atoms. The van der Waals surface area contributed by atoms with E-state index in [1.54, 1.807) is 0 Å². The summed E-state index contributed by atoms with van der Waals surface area (Å²) in [5.41, 5.74) is 6.58. The van der Waals surface area contributed by atoms with Crippen LogP contribution < -0.4 is 5.73 Å². The zero-order chi connectivity index (χ0) is 13.2. The van der Waals surface area contributed by atoms with Crippen molar-refractivity contribution < 1.29 is 0 Å². The summed E-state index contributed by atoms with van der Waals surface area (Å²) in [4.78, 5) is 2.78. The Bertz CT molecular complexity index is 264. The quantitative estimate of drug-likeness (QED) is 0.834. The van der Waals surface area contributed by atoms with Gasteiger partial charge in [0.2, 0.25) is 0 Å². The van der Waals surface area contributed by atoms with Crippen LogP contribution in [0.2, 0.25) is 0 Å². The van der Waals surface area contributed by atoms with Crippen molar-refractivity contribution in [3.63, 3.8) is 0 Å². The smallest absolute Gasteiger partial charge is 0.0337 e. The molecule has 0 spiro atoms. The molecule has 3 unspecified atom stereocenters. The lowest BCUT2D eigenvalue weighted by atomic mass is 9.70. The Labute approximate surface area is 113 Å². The molecule has 0 aromatic carbocycles. The lowest BCUT2D eigenvalue weighted by molar-refractivity contribution is -0.0174. The summed E-state index contributed by atoms with van der Waals surface area (Å²) in [6.45, 7) is 9.33. The molecule has 2 rings (SSSR count). The van der Waals surface area contributed by atoms with Crippen LogP contribution in [-0.4, -0.2) is 29.6 Å². The van der Waals surface area contributed by atoms with Crippen LogP contribution in [0.15, 0.2) is 0 Å². The summed E-state index contributed by atoms with van der Waals surface area (Å²) in [5, 5.41) is 0. The number of nitrogens with two attached hydrogens (primary N) is 1.